The van der Waals surface area contributed by atoms with Gasteiger partial charge in [-0.1, -0.05) is 18.2 Å². The SMILES string of the molecule is Cn1cc(N2C=Cn3nc(NC4=COC=C(C5=CC=CCC5)O4)nc3C2)cn1. The highest BCUT2D eigenvalue weighted by molar-refractivity contribution is 5.51. The fraction of sp³-hybridized carbons (Fsp3) is 0.211. The molecule has 0 saturated carbocycles. The number of nitrogens with zero attached hydrogens (tertiary/aromatic N) is 6. The summed E-state index contributed by atoms with van der Waals surface area (Å²) in [6.07, 6.45) is 18.8. The van der Waals surface area contributed by atoms with Gasteiger partial charge in [-0.2, -0.15) is 10.1 Å². The molecular formula is C19H19N7O2. The van der Waals surface area contributed by atoms with Crippen molar-refractivity contribution in [1.82, 2.24) is 24.5 Å². The van der Waals surface area contributed by atoms with Gasteiger partial charge in [0.2, 0.25) is 11.8 Å². The number of allylic oxidation sites excluding steroid dienone is 4. The average Bonchev–Trinajstić information content (AvgIpc) is 3.34. The molecule has 0 spiro atoms. The molecule has 3 aliphatic rings. The van der Waals surface area contributed by atoms with Gasteiger partial charge in [0.05, 0.1) is 18.4 Å². The summed E-state index contributed by atoms with van der Waals surface area (Å²) in [6, 6.07) is 0. The van der Waals surface area contributed by atoms with Crippen molar-refractivity contribution in [1.29, 1.82) is 0 Å². The van der Waals surface area contributed by atoms with E-state index >= 15 is 0 Å². The van der Waals surface area contributed by atoms with Crippen molar-refractivity contribution >= 4 is 17.8 Å². The van der Waals surface area contributed by atoms with Gasteiger partial charge < -0.3 is 14.4 Å². The van der Waals surface area contributed by atoms with E-state index in [1.807, 2.05) is 44.0 Å². The van der Waals surface area contributed by atoms with E-state index in [4.69, 9.17) is 9.47 Å². The van der Waals surface area contributed by atoms with E-state index < -0.39 is 0 Å². The van der Waals surface area contributed by atoms with Crippen LogP contribution in [-0.4, -0.2) is 24.5 Å². The normalized spacial score (nSPS) is 17.9. The van der Waals surface area contributed by atoms with Crippen LogP contribution in [0.3, 0.4) is 0 Å². The first-order chi connectivity index (χ1) is 13.7. The molecule has 0 atom stereocenters. The molecule has 9 heteroatoms. The number of nitrogens with one attached hydrogen (secondary N) is 1. The molecule has 4 heterocycles. The zero-order chi connectivity index (χ0) is 18.9. The van der Waals surface area contributed by atoms with E-state index in [1.165, 1.54) is 6.26 Å². The lowest BCUT2D eigenvalue weighted by Crippen LogP contribution is -2.21. The molecule has 0 radical (unpaired) electrons. The van der Waals surface area contributed by atoms with Gasteiger partial charge in [-0.05, 0) is 18.4 Å². The van der Waals surface area contributed by atoms with Gasteiger partial charge in [-0.3, -0.25) is 10.00 Å². The maximum atomic E-state index is 5.91. The molecule has 0 unspecified atom stereocenters. The number of fused-ring (bicyclic) bond motifs is 1. The molecule has 5 rings (SSSR count). The summed E-state index contributed by atoms with van der Waals surface area (Å²) < 4.78 is 14.8. The second-order valence-electron chi connectivity index (χ2n) is 6.58. The Hall–Kier alpha value is -3.75. The molecule has 0 fully saturated rings. The first-order valence-electron chi connectivity index (χ1n) is 9.00. The predicted molar refractivity (Wildman–Crippen MR) is 103 cm³/mol. The molecule has 1 aliphatic carbocycles. The van der Waals surface area contributed by atoms with Crippen LogP contribution >= 0.6 is 0 Å². The van der Waals surface area contributed by atoms with Crippen molar-refractivity contribution in [3.63, 3.8) is 0 Å². The maximum Gasteiger partial charge on any atom is 0.249 e. The Morgan fingerprint density at radius 1 is 1.21 bits per heavy atom. The van der Waals surface area contributed by atoms with Gasteiger partial charge in [0.15, 0.2) is 17.8 Å². The first kappa shape index (κ1) is 16.4. The Morgan fingerprint density at radius 3 is 3.00 bits per heavy atom. The zero-order valence-electron chi connectivity index (χ0n) is 15.3. The molecule has 28 heavy (non-hydrogen) atoms. The molecule has 2 aromatic rings. The Kier molecular flexibility index (Phi) is 3.97. The molecule has 142 valence electrons. The summed E-state index contributed by atoms with van der Waals surface area (Å²) in [5.74, 6) is 2.40. The van der Waals surface area contributed by atoms with Crippen LogP contribution in [0.5, 0.6) is 0 Å². The minimum atomic E-state index is 0.446. The lowest BCUT2D eigenvalue weighted by molar-refractivity contribution is 0.233. The predicted octanol–water partition coefficient (Wildman–Crippen LogP) is 2.84. The summed E-state index contributed by atoms with van der Waals surface area (Å²) in [7, 11) is 1.89. The van der Waals surface area contributed by atoms with Crippen LogP contribution in [0.4, 0.5) is 11.6 Å². The molecule has 0 amide bonds. The summed E-state index contributed by atoms with van der Waals surface area (Å²) in [5, 5.41) is 11.7. The summed E-state index contributed by atoms with van der Waals surface area (Å²) in [6.45, 7) is 0.595. The highest BCUT2D eigenvalue weighted by Gasteiger charge is 2.20. The van der Waals surface area contributed by atoms with Crippen molar-refractivity contribution in [2.24, 2.45) is 7.05 Å². The molecule has 9 nitrogen and oxygen atoms in total. The molecule has 1 N–H and O–H groups in total. The van der Waals surface area contributed by atoms with Crippen molar-refractivity contribution in [2.45, 2.75) is 19.4 Å². The lowest BCUT2D eigenvalue weighted by Gasteiger charge is -2.20. The van der Waals surface area contributed by atoms with Crippen LogP contribution in [0.2, 0.25) is 0 Å². The van der Waals surface area contributed by atoms with E-state index in [9.17, 15) is 0 Å². The number of aromatic nitrogens is 5. The van der Waals surface area contributed by atoms with Crippen molar-refractivity contribution in [2.75, 3.05) is 10.2 Å². The van der Waals surface area contributed by atoms with Gasteiger partial charge in [0, 0.05) is 25.6 Å². The summed E-state index contributed by atoms with van der Waals surface area (Å²) in [4.78, 5) is 6.62. The van der Waals surface area contributed by atoms with Gasteiger partial charge in [0.25, 0.3) is 0 Å². The molecular weight excluding hydrogens is 358 g/mol. The minimum absolute atomic E-state index is 0.446. The van der Waals surface area contributed by atoms with Crippen molar-refractivity contribution in [3.05, 3.63) is 72.4 Å². The number of aryl methyl sites for hydroxylation is 1. The number of ether oxygens (including phenoxy) is 2. The molecule has 2 aromatic heterocycles. The maximum absolute atomic E-state index is 5.91. The smallest absolute Gasteiger partial charge is 0.249 e. The number of hydrogen-bond donors (Lipinski definition) is 1. The van der Waals surface area contributed by atoms with Gasteiger partial charge >= 0.3 is 0 Å². The largest absolute Gasteiger partial charge is 0.463 e. The van der Waals surface area contributed by atoms with Gasteiger partial charge in [0.1, 0.15) is 6.26 Å². The summed E-state index contributed by atoms with van der Waals surface area (Å²) in [5.41, 5.74) is 2.10. The molecule has 2 aliphatic heterocycles. The Bertz CT molecular complexity index is 1050. The van der Waals surface area contributed by atoms with Crippen LogP contribution in [0.1, 0.15) is 18.7 Å². The van der Waals surface area contributed by atoms with E-state index in [0.29, 0.717) is 24.1 Å². The van der Waals surface area contributed by atoms with Crippen LogP contribution in [0.15, 0.2) is 66.6 Å². The summed E-state index contributed by atoms with van der Waals surface area (Å²) >= 11 is 0. The van der Waals surface area contributed by atoms with E-state index in [-0.39, 0.29) is 0 Å². The van der Waals surface area contributed by atoms with Gasteiger partial charge in [-0.25, -0.2) is 4.68 Å². The Morgan fingerprint density at radius 2 is 2.18 bits per heavy atom. The molecule has 0 aromatic carbocycles. The Labute approximate surface area is 161 Å². The third kappa shape index (κ3) is 3.18. The first-order valence-corrected chi connectivity index (χ1v) is 9.00. The second kappa shape index (κ2) is 6.76. The highest BCUT2D eigenvalue weighted by Crippen LogP contribution is 2.27. The lowest BCUT2D eigenvalue weighted by atomic mass is 10.0. The average molecular weight is 377 g/mol. The number of rotatable bonds is 4. The zero-order valence-corrected chi connectivity index (χ0v) is 15.3. The van der Waals surface area contributed by atoms with Crippen molar-refractivity contribution < 1.29 is 9.47 Å². The van der Waals surface area contributed by atoms with Crippen LogP contribution in [0, 0.1) is 0 Å². The second-order valence-corrected chi connectivity index (χ2v) is 6.58. The number of hydrogen-bond acceptors (Lipinski definition) is 7. The van der Waals surface area contributed by atoms with Crippen LogP contribution in [0.25, 0.3) is 6.20 Å². The topological polar surface area (TPSA) is 82.3 Å². The molecule has 0 saturated heterocycles. The standard InChI is InChI=1S/C19H19N7O2/c1-24-10-15(9-20-24)25-7-8-26-17(11-25)21-19(23-26)22-18-13-27-12-16(28-18)14-5-3-2-4-6-14/h2-3,5,7-10,12-13H,4,6,11H2,1H3,(H,22,23). The fourth-order valence-electron chi connectivity index (χ4n) is 3.16. The van der Waals surface area contributed by atoms with E-state index in [0.717, 1.165) is 29.9 Å². The van der Waals surface area contributed by atoms with Crippen LogP contribution < -0.4 is 10.2 Å². The minimum Gasteiger partial charge on any atom is -0.463 e. The number of anilines is 2. The Balaban J connectivity index is 1.27. The van der Waals surface area contributed by atoms with Gasteiger partial charge in [-0.15, -0.1) is 5.10 Å². The van der Waals surface area contributed by atoms with E-state index in [2.05, 4.69) is 31.5 Å². The third-order valence-corrected chi connectivity index (χ3v) is 4.56. The molecule has 0 bridgehead atoms. The van der Waals surface area contributed by atoms with Crippen LogP contribution in [-0.2, 0) is 23.1 Å². The fourth-order valence-corrected chi connectivity index (χ4v) is 3.16. The quantitative estimate of drug-likeness (QED) is 0.877. The van der Waals surface area contributed by atoms with E-state index in [1.54, 1.807) is 15.6 Å². The third-order valence-electron chi connectivity index (χ3n) is 4.56. The highest BCUT2D eigenvalue weighted by atomic mass is 16.6. The van der Waals surface area contributed by atoms with Crippen molar-refractivity contribution in [3.8, 4) is 0 Å². The monoisotopic (exact) mass is 377 g/mol.